The van der Waals surface area contributed by atoms with Crippen molar-refractivity contribution in [3.05, 3.63) is 78.4 Å². The van der Waals surface area contributed by atoms with Gasteiger partial charge in [-0.25, -0.2) is 0 Å². The lowest BCUT2D eigenvalue weighted by molar-refractivity contribution is -0.123. The molecular formula is C21H21NO2. The first kappa shape index (κ1) is 16.1. The average molecular weight is 319 g/mol. The van der Waals surface area contributed by atoms with Crippen LogP contribution in [-0.4, -0.2) is 19.1 Å². The van der Waals surface area contributed by atoms with Crippen LogP contribution in [0.2, 0.25) is 0 Å². The van der Waals surface area contributed by atoms with Crippen LogP contribution in [0.15, 0.2) is 72.8 Å². The fourth-order valence-corrected chi connectivity index (χ4v) is 2.62. The number of nitrogens with one attached hydrogen (secondary N) is 1. The van der Waals surface area contributed by atoms with Crippen molar-refractivity contribution in [1.82, 2.24) is 5.32 Å². The molecule has 3 aromatic carbocycles. The normalized spacial score (nSPS) is 11.9. The summed E-state index contributed by atoms with van der Waals surface area (Å²) in [4.78, 5) is 12.0. The number of carbonyl (C=O) groups excluding carboxylic acids is 1. The molecule has 0 heterocycles. The van der Waals surface area contributed by atoms with E-state index in [1.165, 1.54) is 5.56 Å². The van der Waals surface area contributed by atoms with Crippen molar-refractivity contribution < 1.29 is 9.53 Å². The summed E-state index contributed by atoms with van der Waals surface area (Å²) in [5, 5.41) is 5.19. The highest BCUT2D eigenvalue weighted by Gasteiger charge is 2.08. The van der Waals surface area contributed by atoms with Gasteiger partial charge in [-0.15, -0.1) is 0 Å². The maximum absolute atomic E-state index is 12.0. The summed E-state index contributed by atoms with van der Waals surface area (Å²) >= 11 is 0. The standard InChI is InChI=1S/C21H21NO2/c1-16(17-7-3-2-4-8-17)14-22-21(23)15-24-20-12-11-18-9-5-6-10-19(18)13-20/h2-13,16H,14-15H2,1H3,(H,22,23)/t16-/m1/s1. The summed E-state index contributed by atoms with van der Waals surface area (Å²) in [5.74, 6) is 0.877. The molecule has 0 saturated carbocycles. The number of rotatable bonds is 6. The molecule has 1 amide bonds. The molecule has 3 rings (SSSR count). The maximum atomic E-state index is 12.0. The zero-order valence-corrected chi connectivity index (χ0v) is 13.7. The number of carbonyl (C=O) groups is 1. The molecule has 3 aromatic rings. The van der Waals surface area contributed by atoms with Crippen LogP contribution in [0.5, 0.6) is 5.75 Å². The molecule has 122 valence electrons. The second kappa shape index (κ2) is 7.64. The lowest BCUT2D eigenvalue weighted by Crippen LogP contribution is -2.31. The van der Waals surface area contributed by atoms with Crippen LogP contribution in [0.4, 0.5) is 0 Å². The fraction of sp³-hybridized carbons (Fsp3) is 0.190. The van der Waals surface area contributed by atoms with Crippen LogP contribution in [0.1, 0.15) is 18.4 Å². The van der Waals surface area contributed by atoms with Crippen LogP contribution in [-0.2, 0) is 4.79 Å². The molecule has 0 radical (unpaired) electrons. The molecule has 0 bridgehead atoms. The molecule has 1 N–H and O–H groups in total. The van der Waals surface area contributed by atoms with E-state index in [1.807, 2.05) is 54.6 Å². The first-order valence-electron chi connectivity index (χ1n) is 8.15. The second-order valence-corrected chi connectivity index (χ2v) is 5.91. The first-order chi connectivity index (χ1) is 11.7. The van der Waals surface area contributed by atoms with Gasteiger partial charge in [0, 0.05) is 6.54 Å². The van der Waals surface area contributed by atoms with Gasteiger partial charge >= 0.3 is 0 Å². The Balaban J connectivity index is 1.49. The molecule has 0 fully saturated rings. The lowest BCUT2D eigenvalue weighted by atomic mass is 10.0. The van der Waals surface area contributed by atoms with E-state index in [2.05, 4.69) is 30.4 Å². The summed E-state index contributed by atoms with van der Waals surface area (Å²) in [6.07, 6.45) is 0. The monoisotopic (exact) mass is 319 g/mol. The molecule has 3 heteroatoms. The molecule has 0 aromatic heterocycles. The van der Waals surface area contributed by atoms with Gasteiger partial charge in [-0.05, 0) is 34.4 Å². The van der Waals surface area contributed by atoms with Crippen LogP contribution < -0.4 is 10.1 Å². The van der Waals surface area contributed by atoms with Crippen LogP contribution >= 0.6 is 0 Å². The highest BCUT2D eigenvalue weighted by molar-refractivity contribution is 5.84. The minimum atomic E-state index is -0.106. The highest BCUT2D eigenvalue weighted by atomic mass is 16.5. The SMILES string of the molecule is C[C@H](CNC(=O)COc1ccc2ccccc2c1)c1ccccc1. The third-order valence-corrected chi connectivity index (χ3v) is 4.06. The summed E-state index contributed by atoms with van der Waals surface area (Å²) in [5.41, 5.74) is 1.22. The Morgan fingerprint density at radius 3 is 2.46 bits per heavy atom. The number of hydrogen-bond acceptors (Lipinski definition) is 2. The lowest BCUT2D eigenvalue weighted by Gasteiger charge is -2.13. The van der Waals surface area contributed by atoms with Gasteiger partial charge in [0.2, 0.25) is 0 Å². The number of fused-ring (bicyclic) bond motifs is 1. The number of benzene rings is 3. The molecule has 1 atom stereocenters. The molecule has 0 unspecified atom stereocenters. The van der Waals surface area contributed by atoms with Crippen molar-refractivity contribution in [3.8, 4) is 5.75 Å². The topological polar surface area (TPSA) is 38.3 Å². The van der Waals surface area contributed by atoms with Gasteiger partial charge in [-0.1, -0.05) is 67.6 Å². The van der Waals surface area contributed by atoms with E-state index in [-0.39, 0.29) is 18.4 Å². The summed E-state index contributed by atoms with van der Waals surface area (Å²) < 4.78 is 5.60. The largest absolute Gasteiger partial charge is 0.484 e. The van der Waals surface area contributed by atoms with Crippen molar-refractivity contribution in [1.29, 1.82) is 0 Å². The van der Waals surface area contributed by atoms with Crippen LogP contribution in [0.25, 0.3) is 10.8 Å². The van der Waals surface area contributed by atoms with E-state index in [0.29, 0.717) is 12.3 Å². The van der Waals surface area contributed by atoms with E-state index in [1.54, 1.807) is 0 Å². The summed E-state index contributed by atoms with van der Waals surface area (Å²) in [6, 6.07) is 24.1. The summed E-state index contributed by atoms with van der Waals surface area (Å²) in [7, 11) is 0. The van der Waals surface area contributed by atoms with Crippen LogP contribution in [0, 0.1) is 0 Å². The van der Waals surface area contributed by atoms with Gasteiger partial charge < -0.3 is 10.1 Å². The Labute approximate surface area is 142 Å². The minimum Gasteiger partial charge on any atom is -0.484 e. The second-order valence-electron chi connectivity index (χ2n) is 5.91. The highest BCUT2D eigenvalue weighted by Crippen LogP contribution is 2.20. The Bertz CT molecular complexity index is 814. The number of amides is 1. The van der Waals surface area contributed by atoms with Crippen molar-refractivity contribution in [2.45, 2.75) is 12.8 Å². The predicted octanol–water partition coefficient (Wildman–Crippen LogP) is 4.14. The van der Waals surface area contributed by atoms with E-state index in [4.69, 9.17) is 4.74 Å². The summed E-state index contributed by atoms with van der Waals surface area (Å²) in [6.45, 7) is 2.73. The van der Waals surface area contributed by atoms with Gasteiger partial charge in [0.25, 0.3) is 5.91 Å². The Kier molecular flexibility index (Phi) is 5.12. The van der Waals surface area contributed by atoms with E-state index in [9.17, 15) is 4.79 Å². The van der Waals surface area contributed by atoms with Crippen molar-refractivity contribution in [2.75, 3.05) is 13.2 Å². The first-order valence-corrected chi connectivity index (χ1v) is 8.15. The molecule has 0 spiro atoms. The smallest absolute Gasteiger partial charge is 0.257 e. The van der Waals surface area contributed by atoms with Crippen molar-refractivity contribution in [3.63, 3.8) is 0 Å². The molecule has 24 heavy (non-hydrogen) atoms. The van der Waals surface area contributed by atoms with Gasteiger partial charge in [-0.3, -0.25) is 4.79 Å². The Hall–Kier alpha value is -2.81. The molecule has 0 aliphatic rings. The van der Waals surface area contributed by atoms with Crippen LogP contribution in [0.3, 0.4) is 0 Å². The van der Waals surface area contributed by atoms with Crippen molar-refractivity contribution >= 4 is 16.7 Å². The zero-order valence-electron chi connectivity index (χ0n) is 13.7. The molecule has 0 aliphatic carbocycles. The fourth-order valence-electron chi connectivity index (χ4n) is 2.62. The molecule has 3 nitrogen and oxygen atoms in total. The maximum Gasteiger partial charge on any atom is 0.257 e. The van der Waals surface area contributed by atoms with Gasteiger partial charge in [-0.2, -0.15) is 0 Å². The minimum absolute atomic E-state index is 0.0276. The Morgan fingerprint density at radius 1 is 0.958 bits per heavy atom. The third kappa shape index (κ3) is 4.13. The van der Waals surface area contributed by atoms with Gasteiger partial charge in [0.15, 0.2) is 6.61 Å². The van der Waals surface area contributed by atoms with E-state index in [0.717, 1.165) is 10.8 Å². The molecule has 0 saturated heterocycles. The predicted molar refractivity (Wildman–Crippen MR) is 97.3 cm³/mol. The Morgan fingerprint density at radius 2 is 1.67 bits per heavy atom. The van der Waals surface area contributed by atoms with E-state index < -0.39 is 0 Å². The number of ether oxygens (including phenoxy) is 1. The van der Waals surface area contributed by atoms with Gasteiger partial charge in [0.05, 0.1) is 0 Å². The number of hydrogen-bond donors (Lipinski definition) is 1. The van der Waals surface area contributed by atoms with E-state index >= 15 is 0 Å². The molecule has 0 aliphatic heterocycles. The molecular weight excluding hydrogens is 298 g/mol. The quantitative estimate of drug-likeness (QED) is 0.741. The average Bonchev–Trinajstić information content (AvgIpc) is 2.65. The zero-order chi connectivity index (χ0) is 16.8. The van der Waals surface area contributed by atoms with Crippen molar-refractivity contribution in [2.24, 2.45) is 0 Å². The third-order valence-electron chi connectivity index (χ3n) is 4.06. The van der Waals surface area contributed by atoms with Gasteiger partial charge in [0.1, 0.15) is 5.75 Å².